The Morgan fingerprint density at radius 1 is 1.20 bits per heavy atom. The van der Waals surface area contributed by atoms with E-state index in [1.165, 1.54) is 30.5 Å². The molecule has 0 unspecified atom stereocenters. The van der Waals surface area contributed by atoms with Gasteiger partial charge < -0.3 is 19.1 Å². The van der Waals surface area contributed by atoms with Crippen LogP contribution in [-0.2, 0) is 15.9 Å². The highest BCUT2D eigenvalue weighted by molar-refractivity contribution is 5.43. The minimum Gasteiger partial charge on any atom is -0.497 e. The molecule has 0 N–H and O–H groups in total. The predicted octanol–water partition coefficient (Wildman–Crippen LogP) is 3.20. The van der Waals surface area contributed by atoms with E-state index >= 15 is 0 Å². The van der Waals surface area contributed by atoms with Crippen molar-refractivity contribution in [2.45, 2.75) is 50.4 Å². The van der Waals surface area contributed by atoms with Gasteiger partial charge in [-0.2, -0.15) is 0 Å². The van der Waals surface area contributed by atoms with Crippen LogP contribution in [0.15, 0.2) is 18.2 Å². The summed E-state index contributed by atoms with van der Waals surface area (Å²) < 4.78 is 18.2. The van der Waals surface area contributed by atoms with Crippen LogP contribution in [0.1, 0.15) is 43.2 Å². The van der Waals surface area contributed by atoms with Crippen molar-refractivity contribution in [1.82, 2.24) is 4.90 Å². The third-order valence-electron chi connectivity index (χ3n) is 7.53. The number of ether oxygens (including phenoxy) is 3. The Bertz CT molecular complexity index is 684. The van der Waals surface area contributed by atoms with Crippen LogP contribution in [0.4, 0.5) is 0 Å². The van der Waals surface area contributed by atoms with E-state index in [4.69, 9.17) is 14.2 Å². The van der Waals surface area contributed by atoms with Crippen molar-refractivity contribution in [1.29, 1.82) is 0 Å². The normalized spacial score (nSPS) is 39.1. The summed E-state index contributed by atoms with van der Waals surface area (Å²) in [5.74, 6) is 1.59. The van der Waals surface area contributed by atoms with Gasteiger partial charge in [-0.3, -0.25) is 0 Å². The van der Waals surface area contributed by atoms with Gasteiger partial charge in [0.25, 0.3) is 0 Å². The molecule has 25 heavy (non-hydrogen) atoms. The number of benzene rings is 1. The first-order valence-electron chi connectivity index (χ1n) is 9.70. The topological polar surface area (TPSA) is 30.9 Å². The van der Waals surface area contributed by atoms with Gasteiger partial charge in [0.05, 0.1) is 20.3 Å². The molecule has 4 aliphatic rings. The molecule has 2 saturated heterocycles. The molecule has 2 spiro atoms. The summed E-state index contributed by atoms with van der Waals surface area (Å²) in [5, 5.41) is 0. The van der Waals surface area contributed by atoms with Crippen LogP contribution in [0.25, 0.3) is 0 Å². The molecule has 2 aliphatic carbocycles. The summed E-state index contributed by atoms with van der Waals surface area (Å²) in [7, 11) is 4.05. The lowest BCUT2D eigenvalue weighted by Gasteiger charge is -2.61. The number of piperidine rings is 1. The van der Waals surface area contributed by atoms with Crippen LogP contribution >= 0.6 is 0 Å². The quantitative estimate of drug-likeness (QED) is 0.783. The molecule has 2 heterocycles. The summed E-state index contributed by atoms with van der Waals surface area (Å²) in [6.45, 7) is 5.01. The van der Waals surface area contributed by atoms with E-state index in [9.17, 15) is 0 Å². The highest BCUT2D eigenvalue weighted by atomic mass is 16.7. The standard InChI is InChI=1S/C21H29NO3/c1-14-8-16-11-21(24-6-7-25-21)19-12-20(16,13-22(14)2)10-15-9-17(23-3)4-5-18(15)19/h4-5,9,14,16,19H,6-8,10-13H2,1-3H3/t14-,16-,19-,20-/m1/s1. The first-order chi connectivity index (χ1) is 12.1. The minimum atomic E-state index is -0.395. The predicted molar refractivity (Wildman–Crippen MR) is 95.9 cm³/mol. The number of likely N-dealkylation sites (tertiary alicyclic amines) is 1. The van der Waals surface area contributed by atoms with Gasteiger partial charge >= 0.3 is 0 Å². The second-order valence-corrected chi connectivity index (χ2v) is 8.77. The molecular weight excluding hydrogens is 314 g/mol. The highest BCUT2D eigenvalue weighted by Gasteiger charge is 2.61. The fourth-order valence-electron chi connectivity index (χ4n) is 6.19. The van der Waals surface area contributed by atoms with Gasteiger partial charge in [-0.05, 0) is 67.8 Å². The van der Waals surface area contributed by atoms with E-state index in [-0.39, 0.29) is 0 Å². The third-order valence-corrected chi connectivity index (χ3v) is 7.53. The second kappa shape index (κ2) is 5.45. The summed E-state index contributed by atoms with van der Waals surface area (Å²) in [4.78, 5) is 2.56. The first kappa shape index (κ1) is 16.1. The van der Waals surface area contributed by atoms with E-state index in [0.29, 0.717) is 23.3 Å². The molecule has 5 rings (SSSR count). The Morgan fingerprint density at radius 2 is 2.00 bits per heavy atom. The summed E-state index contributed by atoms with van der Waals surface area (Å²) in [6.07, 6.45) is 4.65. The molecule has 3 fully saturated rings. The highest BCUT2D eigenvalue weighted by Crippen LogP contribution is 2.62. The van der Waals surface area contributed by atoms with Crippen LogP contribution in [0.5, 0.6) is 5.75 Å². The van der Waals surface area contributed by atoms with Gasteiger partial charge in [0.15, 0.2) is 5.79 Å². The van der Waals surface area contributed by atoms with E-state index in [0.717, 1.165) is 31.8 Å². The summed E-state index contributed by atoms with van der Waals surface area (Å²) in [6, 6.07) is 7.25. The van der Waals surface area contributed by atoms with Crippen molar-refractivity contribution in [3.63, 3.8) is 0 Å². The maximum atomic E-state index is 6.32. The van der Waals surface area contributed by atoms with Gasteiger partial charge in [0.2, 0.25) is 0 Å². The van der Waals surface area contributed by atoms with Gasteiger partial charge in [-0.25, -0.2) is 0 Å². The molecule has 0 aromatic heterocycles. The van der Waals surface area contributed by atoms with Crippen molar-refractivity contribution in [3.05, 3.63) is 29.3 Å². The molecule has 1 aromatic carbocycles. The average Bonchev–Trinajstić information content (AvgIpc) is 3.07. The monoisotopic (exact) mass is 343 g/mol. The first-order valence-corrected chi connectivity index (χ1v) is 9.70. The number of rotatable bonds is 1. The van der Waals surface area contributed by atoms with Crippen LogP contribution in [0, 0.1) is 11.3 Å². The fraction of sp³-hybridized carbons (Fsp3) is 0.714. The van der Waals surface area contributed by atoms with Crippen molar-refractivity contribution >= 4 is 0 Å². The summed E-state index contributed by atoms with van der Waals surface area (Å²) in [5.41, 5.74) is 3.22. The van der Waals surface area contributed by atoms with Gasteiger partial charge in [0.1, 0.15) is 5.75 Å². The van der Waals surface area contributed by atoms with Crippen molar-refractivity contribution in [3.8, 4) is 5.75 Å². The zero-order chi connectivity index (χ0) is 17.2. The maximum Gasteiger partial charge on any atom is 0.175 e. The molecule has 0 amide bonds. The lowest BCUT2D eigenvalue weighted by molar-refractivity contribution is -0.235. The SMILES string of the molecule is COc1ccc2c(c1)C[C@]13C[C@H]2C2(C[C@H]1C[C@@H](C)N(C)C3)OCCO2. The Hall–Kier alpha value is -1.10. The average molecular weight is 343 g/mol. The maximum absolute atomic E-state index is 6.32. The number of fused-ring (bicyclic) bond motifs is 4. The van der Waals surface area contributed by atoms with Crippen LogP contribution in [-0.4, -0.2) is 50.6 Å². The Kier molecular flexibility index (Phi) is 3.51. The lowest BCUT2D eigenvalue weighted by Crippen LogP contribution is -2.61. The number of hydrogen-bond acceptors (Lipinski definition) is 4. The second-order valence-electron chi connectivity index (χ2n) is 8.77. The minimum absolute atomic E-state index is 0.350. The number of hydrogen-bond donors (Lipinski definition) is 0. The molecule has 4 atom stereocenters. The van der Waals surface area contributed by atoms with Gasteiger partial charge in [0, 0.05) is 24.9 Å². The van der Waals surface area contributed by atoms with Gasteiger partial charge in [-0.15, -0.1) is 0 Å². The van der Waals surface area contributed by atoms with Crippen molar-refractivity contribution in [2.75, 3.05) is 33.9 Å². The molecule has 2 aliphatic heterocycles. The zero-order valence-corrected chi connectivity index (χ0v) is 15.6. The smallest absolute Gasteiger partial charge is 0.175 e. The molecule has 1 aromatic rings. The molecule has 2 bridgehead atoms. The molecule has 4 nitrogen and oxygen atoms in total. The van der Waals surface area contributed by atoms with Crippen LogP contribution < -0.4 is 4.74 Å². The Morgan fingerprint density at radius 3 is 2.76 bits per heavy atom. The van der Waals surface area contributed by atoms with E-state index in [2.05, 4.69) is 37.1 Å². The van der Waals surface area contributed by atoms with E-state index in [1.807, 2.05) is 0 Å². The van der Waals surface area contributed by atoms with Crippen LogP contribution in [0.3, 0.4) is 0 Å². The molecular formula is C21H29NO3. The molecule has 136 valence electrons. The fourth-order valence-corrected chi connectivity index (χ4v) is 6.19. The molecule has 0 radical (unpaired) electrons. The van der Waals surface area contributed by atoms with Gasteiger partial charge in [-0.1, -0.05) is 6.07 Å². The lowest BCUT2D eigenvalue weighted by atomic mass is 9.51. The molecule has 4 heteroatoms. The van der Waals surface area contributed by atoms with Crippen molar-refractivity contribution in [2.24, 2.45) is 11.3 Å². The Labute approximate surface area is 150 Å². The Balaban J connectivity index is 1.63. The third kappa shape index (κ3) is 2.23. The molecule has 1 saturated carbocycles. The largest absolute Gasteiger partial charge is 0.497 e. The zero-order valence-electron chi connectivity index (χ0n) is 15.6. The number of nitrogens with zero attached hydrogens (tertiary/aromatic N) is 1. The van der Waals surface area contributed by atoms with E-state index in [1.54, 1.807) is 7.11 Å². The number of methoxy groups -OCH3 is 1. The summed E-state index contributed by atoms with van der Waals surface area (Å²) >= 11 is 0. The van der Waals surface area contributed by atoms with E-state index < -0.39 is 5.79 Å². The van der Waals surface area contributed by atoms with Crippen LogP contribution in [0.2, 0.25) is 0 Å². The van der Waals surface area contributed by atoms with Crippen molar-refractivity contribution < 1.29 is 14.2 Å².